The molecular weight excluding hydrogens is 418 g/mol. The third-order valence-corrected chi connectivity index (χ3v) is 5.08. The van der Waals surface area contributed by atoms with Crippen molar-refractivity contribution in [1.82, 2.24) is 24.6 Å². The molecule has 11 heteroatoms. The van der Waals surface area contributed by atoms with Crippen LogP contribution in [0.15, 0.2) is 58.7 Å². The maximum absolute atomic E-state index is 11.7. The SMILES string of the molecule is COCCOC(=O)Nc1ccc(Sc2cc3nccn3c(Nc3cc(C)[nH]n3)n2)cc1. The molecular formula is C20H21N7O3S. The Hall–Kier alpha value is -3.57. The number of nitrogens with one attached hydrogen (secondary N) is 3. The van der Waals surface area contributed by atoms with Gasteiger partial charge in [0.2, 0.25) is 5.95 Å². The normalized spacial score (nSPS) is 10.9. The largest absolute Gasteiger partial charge is 0.447 e. The van der Waals surface area contributed by atoms with Crippen LogP contribution in [0.2, 0.25) is 0 Å². The maximum Gasteiger partial charge on any atom is 0.411 e. The van der Waals surface area contributed by atoms with E-state index in [4.69, 9.17) is 14.5 Å². The Morgan fingerprint density at radius 3 is 2.81 bits per heavy atom. The second-order valence-corrected chi connectivity index (χ2v) is 7.61. The number of benzene rings is 1. The van der Waals surface area contributed by atoms with Crippen LogP contribution >= 0.6 is 11.8 Å². The smallest absolute Gasteiger partial charge is 0.411 e. The van der Waals surface area contributed by atoms with E-state index in [9.17, 15) is 4.79 Å². The van der Waals surface area contributed by atoms with Crippen molar-refractivity contribution in [1.29, 1.82) is 0 Å². The van der Waals surface area contributed by atoms with Crippen molar-refractivity contribution < 1.29 is 14.3 Å². The van der Waals surface area contributed by atoms with Gasteiger partial charge in [0.1, 0.15) is 17.3 Å². The number of methoxy groups -OCH3 is 1. The number of aryl methyl sites for hydroxylation is 1. The summed E-state index contributed by atoms with van der Waals surface area (Å²) in [5.41, 5.74) is 2.36. The summed E-state index contributed by atoms with van der Waals surface area (Å²) in [4.78, 5) is 21.8. The number of carbonyl (C=O) groups excluding carboxylic acids is 1. The summed E-state index contributed by atoms with van der Waals surface area (Å²) < 4.78 is 11.7. The minimum atomic E-state index is -0.520. The molecule has 3 heterocycles. The van der Waals surface area contributed by atoms with Crippen LogP contribution in [-0.2, 0) is 9.47 Å². The number of anilines is 3. The molecule has 1 aromatic carbocycles. The predicted molar refractivity (Wildman–Crippen MR) is 117 cm³/mol. The molecule has 1 amide bonds. The molecule has 0 aliphatic heterocycles. The maximum atomic E-state index is 11.7. The number of aromatic nitrogens is 5. The molecule has 3 N–H and O–H groups in total. The highest BCUT2D eigenvalue weighted by Crippen LogP contribution is 2.29. The van der Waals surface area contributed by atoms with Gasteiger partial charge in [-0.2, -0.15) is 5.10 Å². The van der Waals surface area contributed by atoms with Crippen molar-refractivity contribution in [2.75, 3.05) is 31.0 Å². The van der Waals surface area contributed by atoms with Gasteiger partial charge in [0.05, 0.1) is 6.61 Å². The van der Waals surface area contributed by atoms with E-state index >= 15 is 0 Å². The van der Waals surface area contributed by atoms with Gasteiger partial charge in [-0.25, -0.2) is 14.8 Å². The monoisotopic (exact) mass is 439 g/mol. The number of rotatable bonds is 8. The minimum absolute atomic E-state index is 0.201. The van der Waals surface area contributed by atoms with Gasteiger partial charge >= 0.3 is 6.09 Å². The zero-order valence-corrected chi connectivity index (χ0v) is 17.8. The van der Waals surface area contributed by atoms with E-state index in [-0.39, 0.29) is 6.61 Å². The van der Waals surface area contributed by atoms with E-state index in [1.165, 1.54) is 11.8 Å². The van der Waals surface area contributed by atoms with Crippen molar-refractivity contribution in [2.45, 2.75) is 16.8 Å². The lowest BCUT2D eigenvalue weighted by atomic mass is 10.3. The van der Waals surface area contributed by atoms with Gasteiger partial charge in [-0.05, 0) is 31.2 Å². The summed E-state index contributed by atoms with van der Waals surface area (Å²) in [6, 6.07) is 11.2. The predicted octanol–water partition coefficient (Wildman–Crippen LogP) is 3.85. The second-order valence-electron chi connectivity index (χ2n) is 6.51. The zero-order chi connectivity index (χ0) is 21.6. The minimum Gasteiger partial charge on any atom is -0.447 e. The lowest BCUT2D eigenvalue weighted by Crippen LogP contribution is -2.16. The number of amides is 1. The molecule has 10 nitrogen and oxygen atoms in total. The third kappa shape index (κ3) is 5.32. The number of fused-ring (bicyclic) bond motifs is 1. The number of hydrogen-bond donors (Lipinski definition) is 3. The molecule has 0 saturated carbocycles. The molecule has 160 valence electrons. The van der Waals surface area contributed by atoms with Gasteiger partial charge in [0.15, 0.2) is 5.82 Å². The van der Waals surface area contributed by atoms with Crippen molar-refractivity contribution >= 4 is 41.0 Å². The molecule has 0 atom stereocenters. The van der Waals surface area contributed by atoms with Crippen LogP contribution in [0, 0.1) is 6.92 Å². The average Bonchev–Trinajstić information content (AvgIpc) is 3.38. The van der Waals surface area contributed by atoms with E-state index in [0.29, 0.717) is 24.1 Å². The Morgan fingerprint density at radius 2 is 2.06 bits per heavy atom. The number of aromatic amines is 1. The van der Waals surface area contributed by atoms with Crippen LogP contribution in [0.5, 0.6) is 0 Å². The highest BCUT2D eigenvalue weighted by atomic mass is 32.2. The first-order chi connectivity index (χ1) is 15.1. The van der Waals surface area contributed by atoms with Gasteiger partial charge < -0.3 is 14.8 Å². The molecule has 4 rings (SSSR count). The first kappa shape index (κ1) is 20.7. The molecule has 4 aromatic rings. The van der Waals surface area contributed by atoms with Gasteiger partial charge in [-0.15, -0.1) is 0 Å². The molecule has 0 spiro atoms. The molecule has 0 radical (unpaired) electrons. The van der Waals surface area contributed by atoms with E-state index in [0.717, 1.165) is 21.3 Å². The van der Waals surface area contributed by atoms with E-state index in [2.05, 4.69) is 25.8 Å². The summed E-state index contributed by atoms with van der Waals surface area (Å²) in [7, 11) is 1.55. The molecule has 0 fully saturated rings. The standard InChI is InChI=1S/C20H21N7O3S/c1-13-11-16(26-25-13)23-19-24-18(12-17-21-7-8-27(17)19)31-15-5-3-14(4-6-15)22-20(28)30-10-9-29-2/h3-8,11-12H,9-10H2,1-2H3,(H,22,28)(H2,23,24,25,26). The molecule has 0 bridgehead atoms. The molecule has 0 unspecified atom stereocenters. The van der Waals surface area contributed by atoms with Gasteiger partial charge in [-0.3, -0.25) is 14.8 Å². The van der Waals surface area contributed by atoms with E-state index < -0.39 is 6.09 Å². The lowest BCUT2D eigenvalue weighted by Gasteiger charge is -2.09. The number of carbonyl (C=O) groups is 1. The first-order valence-corrected chi connectivity index (χ1v) is 10.3. The van der Waals surface area contributed by atoms with Crippen LogP contribution in [0.1, 0.15) is 5.69 Å². The molecule has 31 heavy (non-hydrogen) atoms. The Kier molecular flexibility index (Phi) is 6.34. The molecule has 0 aliphatic carbocycles. The fourth-order valence-electron chi connectivity index (χ4n) is 2.74. The summed E-state index contributed by atoms with van der Waals surface area (Å²) in [6.07, 6.45) is 3.04. The number of imidazole rings is 1. The molecule has 3 aromatic heterocycles. The lowest BCUT2D eigenvalue weighted by molar-refractivity contribution is 0.107. The highest BCUT2D eigenvalue weighted by molar-refractivity contribution is 7.99. The topological polar surface area (TPSA) is 118 Å². The van der Waals surface area contributed by atoms with Gasteiger partial charge in [-0.1, -0.05) is 11.8 Å². The third-order valence-electron chi connectivity index (χ3n) is 4.16. The van der Waals surface area contributed by atoms with Crippen molar-refractivity contribution in [3.63, 3.8) is 0 Å². The zero-order valence-electron chi connectivity index (χ0n) is 17.0. The van der Waals surface area contributed by atoms with Crippen LogP contribution in [0.4, 0.5) is 22.2 Å². The fourth-order valence-corrected chi connectivity index (χ4v) is 3.55. The van der Waals surface area contributed by atoms with Crippen LogP contribution in [-0.4, -0.2) is 51.0 Å². The van der Waals surface area contributed by atoms with Crippen LogP contribution in [0.25, 0.3) is 5.65 Å². The van der Waals surface area contributed by atoms with Crippen molar-refractivity contribution in [3.8, 4) is 0 Å². The summed E-state index contributed by atoms with van der Waals surface area (Å²) in [5.74, 6) is 1.29. The van der Waals surface area contributed by atoms with Crippen LogP contribution in [0.3, 0.4) is 0 Å². The summed E-state index contributed by atoms with van der Waals surface area (Å²) >= 11 is 1.49. The fraction of sp³-hybridized carbons (Fsp3) is 0.200. The van der Waals surface area contributed by atoms with Crippen molar-refractivity contribution in [2.24, 2.45) is 0 Å². The van der Waals surface area contributed by atoms with Gasteiger partial charge in [0, 0.05) is 47.9 Å². The number of ether oxygens (including phenoxy) is 2. The first-order valence-electron chi connectivity index (χ1n) is 9.44. The quantitative estimate of drug-likeness (QED) is 0.280. The Morgan fingerprint density at radius 1 is 1.23 bits per heavy atom. The number of H-pyrrole nitrogens is 1. The van der Waals surface area contributed by atoms with Crippen LogP contribution < -0.4 is 10.6 Å². The molecule has 0 aliphatic rings. The molecule has 0 saturated heterocycles. The van der Waals surface area contributed by atoms with E-state index in [1.54, 1.807) is 25.4 Å². The van der Waals surface area contributed by atoms with E-state index in [1.807, 2.05) is 41.8 Å². The number of hydrogen-bond acceptors (Lipinski definition) is 8. The summed E-state index contributed by atoms with van der Waals surface area (Å²) in [6.45, 7) is 2.49. The highest BCUT2D eigenvalue weighted by Gasteiger charge is 2.10. The second kappa shape index (κ2) is 9.49. The van der Waals surface area contributed by atoms with Crippen molar-refractivity contribution in [3.05, 3.63) is 54.5 Å². The Bertz CT molecular complexity index is 1170. The Labute approximate surface area is 182 Å². The summed E-state index contributed by atoms with van der Waals surface area (Å²) in [5, 5.41) is 13.8. The average molecular weight is 440 g/mol. The number of nitrogens with zero attached hydrogens (tertiary/aromatic N) is 4. The van der Waals surface area contributed by atoms with Gasteiger partial charge in [0.25, 0.3) is 0 Å². The Balaban J connectivity index is 1.46.